The molecule has 0 N–H and O–H groups in total. The first-order valence-electron chi connectivity index (χ1n) is 7.61. The summed E-state index contributed by atoms with van der Waals surface area (Å²) in [7, 11) is 0. The molecule has 1 saturated carbocycles. The molecule has 1 fully saturated rings. The molecule has 0 unspecified atom stereocenters. The standard InChI is InChI=1S/C18H18FNO3/c1-11-8-16(12(2)20(11)15-6-7-15)18(22)23-10-17(21)13-4-3-5-14(19)9-13/h3-5,8-9,15H,6-7,10H2,1-2H3. The quantitative estimate of drug-likeness (QED) is 0.625. The van der Waals surface area contributed by atoms with E-state index in [0.717, 1.165) is 30.3 Å². The van der Waals surface area contributed by atoms with Crippen molar-refractivity contribution in [2.45, 2.75) is 32.7 Å². The summed E-state index contributed by atoms with van der Waals surface area (Å²) >= 11 is 0. The van der Waals surface area contributed by atoms with Crippen LogP contribution in [0.2, 0.25) is 0 Å². The van der Waals surface area contributed by atoms with Gasteiger partial charge in [-0.05, 0) is 44.9 Å². The van der Waals surface area contributed by atoms with Crippen LogP contribution in [0.5, 0.6) is 0 Å². The largest absolute Gasteiger partial charge is 0.454 e. The summed E-state index contributed by atoms with van der Waals surface area (Å²) in [6, 6.07) is 7.62. The average molecular weight is 315 g/mol. The highest BCUT2D eigenvalue weighted by molar-refractivity contribution is 5.99. The highest BCUT2D eigenvalue weighted by Gasteiger charge is 2.28. The van der Waals surface area contributed by atoms with E-state index < -0.39 is 24.2 Å². The molecule has 1 aromatic carbocycles. The number of aryl methyl sites for hydroxylation is 1. The summed E-state index contributed by atoms with van der Waals surface area (Å²) in [6.07, 6.45) is 2.26. The number of carbonyl (C=O) groups excluding carboxylic acids is 2. The first kappa shape index (κ1) is 15.5. The fourth-order valence-electron chi connectivity index (χ4n) is 2.83. The molecular formula is C18H18FNO3. The van der Waals surface area contributed by atoms with E-state index >= 15 is 0 Å². The van der Waals surface area contributed by atoms with Gasteiger partial charge in [-0.2, -0.15) is 0 Å². The third-order valence-corrected chi connectivity index (χ3v) is 4.10. The Labute approximate surface area is 133 Å². The minimum Gasteiger partial charge on any atom is -0.454 e. The predicted molar refractivity (Wildman–Crippen MR) is 83.2 cm³/mol. The van der Waals surface area contributed by atoms with Crippen molar-refractivity contribution in [1.82, 2.24) is 4.57 Å². The molecule has 1 aliphatic rings. The van der Waals surface area contributed by atoms with Crippen LogP contribution < -0.4 is 0 Å². The Morgan fingerprint density at radius 3 is 2.65 bits per heavy atom. The van der Waals surface area contributed by atoms with Gasteiger partial charge in [0.2, 0.25) is 0 Å². The van der Waals surface area contributed by atoms with Gasteiger partial charge >= 0.3 is 5.97 Å². The molecule has 5 heteroatoms. The number of Topliss-reactive ketones (excluding diaryl/α,β-unsaturated/α-hetero) is 1. The maximum Gasteiger partial charge on any atom is 0.340 e. The minimum atomic E-state index is -0.519. The zero-order chi connectivity index (χ0) is 16.6. The topological polar surface area (TPSA) is 48.3 Å². The van der Waals surface area contributed by atoms with Gasteiger partial charge in [-0.15, -0.1) is 0 Å². The van der Waals surface area contributed by atoms with Gasteiger partial charge in [-0.3, -0.25) is 4.79 Å². The van der Waals surface area contributed by atoms with Gasteiger partial charge in [0.15, 0.2) is 12.4 Å². The maximum atomic E-state index is 13.1. The molecule has 0 amide bonds. The predicted octanol–water partition coefficient (Wildman–Crippen LogP) is 3.62. The summed E-state index contributed by atoms with van der Waals surface area (Å²) in [5, 5.41) is 0. The van der Waals surface area contributed by atoms with Crippen LogP contribution in [-0.2, 0) is 4.74 Å². The van der Waals surface area contributed by atoms with Gasteiger partial charge in [0.05, 0.1) is 5.56 Å². The molecule has 3 rings (SSSR count). The summed E-state index contributed by atoms with van der Waals surface area (Å²) in [4.78, 5) is 24.2. The summed E-state index contributed by atoms with van der Waals surface area (Å²) in [5.41, 5.74) is 2.57. The lowest BCUT2D eigenvalue weighted by Crippen LogP contribution is -2.15. The molecule has 1 heterocycles. The van der Waals surface area contributed by atoms with Crippen LogP contribution in [0.4, 0.5) is 4.39 Å². The van der Waals surface area contributed by atoms with Gasteiger partial charge in [0, 0.05) is 23.0 Å². The normalized spacial score (nSPS) is 13.9. The SMILES string of the molecule is Cc1cc(C(=O)OCC(=O)c2cccc(F)c2)c(C)n1C1CC1. The Kier molecular flexibility index (Phi) is 4.03. The van der Waals surface area contributed by atoms with Crippen molar-refractivity contribution in [3.8, 4) is 0 Å². The van der Waals surface area contributed by atoms with Gasteiger partial charge in [-0.1, -0.05) is 12.1 Å². The van der Waals surface area contributed by atoms with Crippen molar-refractivity contribution in [2.24, 2.45) is 0 Å². The van der Waals surface area contributed by atoms with Crippen LogP contribution in [-0.4, -0.2) is 22.9 Å². The fourth-order valence-corrected chi connectivity index (χ4v) is 2.83. The van der Waals surface area contributed by atoms with Crippen molar-refractivity contribution in [3.63, 3.8) is 0 Å². The van der Waals surface area contributed by atoms with E-state index in [-0.39, 0.29) is 5.56 Å². The highest BCUT2D eigenvalue weighted by atomic mass is 19.1. The molecule has 0 atom stereocenters. The first-order chi connectivity index (χ1) is 11.0. The molecule has 4 nitrogen and oxygen atoms in total. The van der Waals surface area contributed by atoms with Crippen molar-refractivity contribution >= 4 is 11.8 Å². The van der Waals surface area contributed by atoms with Gasteiger partial charge < -0.3 is 9.30 Å². The number of ketones is 1. The minimum absolute atomic E-state index is 0.196. The average Bonchev–Trinajstić information content (AvgIpc) is 3.30. The van der Waals surface area contributed by atoms with Gasteiger partial charge in [-0.25, -0.2) is 9.18 Å². The molecule has 0 radical (unpaired) electrons. The van der Waals surface area contributed by atoms with Crippen molar-refractivity contribution < 1.29 is 18.7 Å². The van der Waals surface area contributed by atoms with E-state index in [9.17, 15) is 14.0 Å². The van der Waals surface area contributed by atoms with E-state index in [1.165, 1.54) is 18.2 Å². The molecule has 23 heavy (non-hydrogen) atoms. The van der Waals surface area contributed by atoms with Crippen LogP contribution in [0.3, 0.4) is 0 Å². The molecule has 1 aromatic heterocycles. The number of ether oxygens (including phenoxy) is 1. The Morgan fingerprint density at radius 2 is 2.00 bits per heavy atom. The second-order valence-corrected chi connectivity index (χ2v) is 5.90. The number of nitrogens with zero attached hydrogens (tertiary/aromatic N) is 1. The second-order valence-electron chi connectivity index (χ2n) is 5.90. The Balaban J connectivity index is 1.68. The number of aromatic nitrogens is 1. The second kappa shape index (κ2) is 5.99. The monoisotopic (exact) mass is 315 g/mol. The number of halogens is 1. The zero-order valence-corrected chi connectivity index (χ0v) is 13.1. The van der Waals surface area contributed by atoms with E-state index in [4.69, 9.17) is 4.74 Å². The van der Waals surface area contributed by atoms with Gasteiger partial charge in [0.1, 0.15) is 5.82 Å². The van der Waals surface area contributed by atoms with E-state index in [1.54, 1.807) is 6.07 Å². The molecule has 0 aliphatic heterocycles. The van der Waals surface area contributed by atoms with Crippen LogP contribution >= 0.6 is 0 Å². The van der Waals surface area contributed by atoms with Crippen molar-refractivity contribution in [1.29, 1.82) is 0 Å². The Bertz CT molecular complexity index is 775. The number of esters is 1. The maximum absolute atomic E-state index is 13.1. The third kappa shape index (κ3) is 3.18. The number of benzene rings is 1. The molecule has 0 bridgehead atoms. The van der Waals surface area contributed by atoms with Crippen LogP contribution in [0.1, 0.15) is 51.0 Å². The number of hydrogen-bond donors (Lipinski definition) is 0. The smallest absolute Gasteiger partial charge is 0.340 e. The van der Waals surface area contributed by atoms with Crippen molar-refractivity contribution in [3.05, 3.63) is 58.7 Å². The number of hydrogen-bond acceptors (Lipinski definition) is 3. The lowest BCUT2D eigenvalue weighted by atomic mass is 10.1. The lowest BCUT2D eigenvalue weighted by Gasteiger charge is -2.08. The molecule has 120 valence electrons. The Hall–Kier alpha value is -2.43. The molecule has 1 aliphatic carbocycles. The Morgan fingerprint density at radius 1 is 1.26 bits per heavy atom. The summed E-state index contributed by atoms with van der Waals surface area (Å²) < 4.78 is 20.4. The van der Waals surface area contributed by atoms with E-state index in [2.05, 4.69) is 4.57 Å². The summed E-state index contributed by atoms with van der Waals surface area (Å²) in [5.74, 6) is -1.43. The highest BCUT2D eigenvalue weighted by Crippen LogP contribution is 2.38. The molecule has 2 aromatic rings. The van der Waals surface area contributed by atoms with E-state index in [1.807, 2.05) is 13.8 Å². The van der Waals surface area contributed by atoms with Crippen LogP contribution in [0.25, 0.3) is 0 Å². The zero-order valence-electron chi connectivity index (χ0n) is 13.1. The fraction of sp³-hybridized carbons (Fsp3) is 0.333. The number of rotatable bonds is 5. The van der Waals surface area contributed by atoms with Gasteiger partial charge in [0.25, 0.3) is 0 Å². The van der Waals surface area contributed by atoms with E-state index in [0.29, 0.717) is 11.6 Å². The van der Waals surface area contributed by atoms with Crippen LogP contribution in [0, 0.1) is 19.7 Å². The lowest BCUT2D eigenvalue weighted by molar-refractivity contribution is 0.0474. The van der Waals surface area contributed by atoms with Crippen molar-refractivity contribution in [2.75, 3.05) is 6.61 Å². The molecular weight excluding hydrogens is 297 g/mol. The third-order valence-electron chi connectivity index (χ3n) is 4.10. The number of carbonyl (C=O) groups is 2. The van der Waals surface area contributed by atoms with Crippen LogP contribution in [0.15, 0.2) is 30.3 Å². The first-order valence-corrected chi connectivity index (χ1v) is 7.61. The molecule has 0 saturated heterocycles. The summed E-state index contributed by atoms with van der Waals surface area (Å²) in [6.45, 7) is 3.45. The molecule has 0 spiro atoms.